The van der Waals surface area contributed by atoms with Crippen molar-refractivity contribution < 1.29 is 4.74 Å². The maximum Gasteiger partial charge on any atom is 0.110 e. The Hall–Kier alpha value is -0.540. The van der Waals surface area contributed by atoms with Gasteiger partial charge in [0.05, 0.1) is 6.26 Å². The number of likely N-dealkylation sites (N-methyl/N-ethyl adjacent to an activating group) is 1. The molecule has 0 aliphatic carbocycles. The minimum Gasteiger partial charge on any atom is -0.497 e. The molecule has 3 nitrogen and oxygen atoms in total. The first kappa shape index (κ1) is 13.5. The molecule has 2 unspecified atom stereocenters. The van der Waals surface area contributed by atoms with Gasteiger partial charge in [-0.2, -0.15) is 0 Å². The smallest absolute Gasteiger partial charge is 0.110 e. The van der Waals surface area contributed by atoms with Gasteiger partial charge in [0.25, 0.3) is 0 Å². The number of hydrogen-bond acceptors (Lipinski definition) is 3. The van der Waals surface area contributed by atoms with Gasteiger partial charge in [0, 0.05) is 25.7 Å². The van der Waals surface area contributed by atoms with Crippen LogP contribution in [0.5, 0.6) is 0 Å². The molecule has 0 saturated heterocycles. The Kier molecular flexibility index (Phi) is 6.50. The summed E-state index contributed by atoms with van der Waals surface area (Å²) >= 11 is 0. The average molecular weight is 226 g/mol. The van der Waals surface area contributed by atoms with Gasteiger partial charge < -0.3 is 15.0 Å². The lowest BCUT2D eigenvalue weighted by Gasteiger charge is -2.24. The Bertz CT molecular complexity index is 206. The summed E-state index contributed by atoms with van der Waals surface area (Å²) in [5.41, 5.74) is 0. The second-order valence-corrected chi connectivity index (χ2v) is 4.65. The van der Waals surface area contributed by atoms with Crippen LogP contribution in [0.4, 0.5) is 0 Å². The predicted octanol–water partition coefficient (Wildman–Crippen LogP) is 2.00. The molecule has 94 valence electrons. The van der Waals surface area contributed by atoms with Crippen LogP contribution in [0.3, 0.4) is 0 Å². The largest absolute Gasteiger partial charge is 0.497 e. The number of rotatable bonds is 7. The van der Waals surface area contributed by atoms with Crippen molar-refractivity contribution in [3.05, 3.63) is 12.3 Å². The van der Waals surface area contributed by atoms with Gasteiger partial charge in [-0.25, -0.2) is 0 Å². The summed E-state index contributed by atoms with van der Waals surface area (Å²) in [6.45, 7) is 7.63. The third-order valence-corrected chi connectivity index (χ3v) is 3.38. The molecule has 0 saturated carbocycles. The van der Waals surface area contributed by atoms with Crippen LogP contribution in [0.25, 0.3) is 0 Å². The van der Waals surface area contributed by atoms with Crippen LogP contribution in [0.1, 0.15) is 33.1 Å². The van der Waals surface area contributed by atoms with Crippen molar-refractivity contribution in [1.82, 2.24) is 10.2 Å². The molecule has 1 rings (SSSR count). The zero-order chi connectivity index (χ0) is 11.8. The maximum absolute atomic E-state index is 5.50. The summed E-state index contributed by atoms with van der Waals surface area (Å²) in [6.07, 6.45) is 7.81. The van der Waals surface area contributed by atoms with Crippen molar-refractivity contribution in [2.45, 2.75) is 45.3 Å². The molecule has 2 atom stereocenters. The molecule has 0 aromatic heterocycles. The van der Waals surface area contributed by atoms with Crippen LogP contribution in [-0.2, 0) is 4.74 Å². The lowest BCUT2D eigenvalue weighted by Crippen LogP contribution is -2.37. The molecule has 16 heavy (non-hydrogen) atoms. The standard InChI is InChI=1S/C13H26N2O/c1-4-12(2)15(3)9-8-14-11-13-7-5-6-10-16-13/h6,10,12-14H,4-5,7-9,11H2,1-3H3. The minimum absolute atomic E-state index is 0.374. The lowest BCUT2D eigenvalue weighted by atomic mass is 10.1. The van der Waals surface area contributed by atoms with E-state index in [0.29, 0.717) is 12.1 Å². The van der Waals surface area contributed by atoms with Crippen molar-refractivity contribution in [3.8, 4) is 0 Å². The van der Waals surface area contributed by atoms with E-state index in [-0.39, 0.29) is 0 Å². The molecule has 1 aliphatic heterocycles. The Balaban J connectivity index is 2.00. The van der Waals surface area contributed by atoms with E-state index in [0.717, 1.165) is 32.5 Å². The third kappa shape index (κ3) is 4.99. The molecule has 0 aromatic rings. The first-order chi connectivity index (χ1) is 7.74. The molecule has 0 bridgehead atoms. The van der Waals surface area contributed by atoms with Crippen molar-refractivity contribution in [1.29, 1.82) is 0 Å². The molecule has 0 spiro atoms. The molecular formula is C13H26N2O. The molecule has 0 radical (unpaired) electrons. The van der Waals surface area contributed by atoms with Gasteiger partial charge in [-0.3, -0.25) is 0 Å². The van der Waals surface area contributed by atoms with Gasteiger partial charge in [0.2, 0.25) is 0 Å². The molecule has 1 N–H and O–H groups in total. The Morgan fingerprint density at radius 2 is 2.38 bits per heavy atom. The first-order valence-corrected chi connectivity index (χ1v) is 6.45. The molecule has 3 heteroatoms. The van der Waals surface area contributed by atoms with Gasteiger partial charge in [-0.15, -0.1) is 0 Å². The molecule has 0 aromatic carbocycles. The van der Waals surface area contributed by atoms with Gasteiger partial charge in [0.15, 0.2) is 0 Å². The van der Waals surface area contributed by atoms with E-state index in [9.17, 15) is 0 Å². The molecule has 1 heterocycles. The van der Waals surface area contributed by atoms with E-state index in [2.05, 4.69) is 37.2 Å². The molecular weight excluding hydrogens is 200 g/mol. The summed E-state index contributed by atoms with van der Waals surface area (Å²) in [4.78, 5) is 2.40. The third-order valence-electron chi connectivity index (χ3n) is 3.38. The fraction of sp³-hybridized carbons (Fsp3) is 0.846. The van der Waals surface area contributed by atoms with E-state index in [1.165, 1.54) is 6.42 Å². The highest BCUT2D eigenvalue weighted by molar-refractivity contribution is 4.83. The van der Waals surface area contributed by atoms with Crippen molar-refractivity contribution in [2.75, 3.05) is 26.7 Å². The van der Waals surface area contributed by atoms with Crippen LogP contribution >= 0.6 is 0 Å². The van der Waals surface area contributed by atoms with Crippen molar-refractivity contribution in [3.63, 3.8) is 0 Å². The summed E-state index contributed by atoms with van der Waals surface area (Å²) in [7, 11) is 2.19. The summed E-state index contributed by atoms with van der Waals surface area (Å²) in [5, 5.41) is 3.46. The zero-order valence-corrected chi connectivity index (χ0v) is 10.9. The van der Waals surface area contributed by atoms with Crippen LogP contribution < -0.4 is 5.32 Å². The van der Waals surface area contributed by atoms with Crippen LogP contribution in [0.15, 0.2) is 12.3 Å². The van der Waals surface area contributed by atoms with Crippen LogP contribution in [-0.4, -0.2) is 43.7 Å². The number of allylic oxidation sites excluding steroid dienone is 1. The second kappa shape index (κ2) is 7.69. The maximum atomic E-state index is 5.50. The van der Waals surface area contributed by atoms with Crippen molar-refractivity contribution >= 4 is 0 Å². The summed E-state index contributed by atoms with van der Waals surface area (Å²) in [5.74, 6) is 0. The Labute approximate surface area is 99.8 Å². The summed E-state index contributed by atoms with van der Waals surface area (Å²) in [6, 6.07) is 0.677. The van der Waals surface area contributed by atoms with Crippen molar-refractivity contribution in [2.24, 2.45) is 0 Å². The highest BCUT2D eigenvalue weighted by Gasteiger charge is 2.10. The average Bonchev–Trinajstić information content (AvgIpc) is 2.34. The van der Waals surface area contributed by atoms with Gasteiger partial charge in [-0.05, 0) is 39.3 Å². The second-order valence-electron chi connectivity index (χ2n) is 4.65. The monoisotopic (exact) mass is 226 g/mol. The number of nitrogens with one attached hydrogen (secondary N) is 1. The fourth-order valence-corrected chi connectivity index (χ4v) is 1.79. The lowest BCUT2D eigenvalue weighted by molar-refractivity contribution is 0.121. The molecule has 1 aliphatic rings. The molecule has 0 amide bonds. The van der Waals surface area contributed by atoms with E-state index >= 15 is 0 Å². The normalized spacial score (nSPS) is 22.1. The van der Waals surface area contributed by atoms with Gasteiger partial charge in [0.1, 0.15) is 6.10 Å². The topological polar surface area (TPSA) is 24.5 Å². The quantitative estimate of drug-likeness (QED) is 0.672. The van der Waals surface area contributed by atoms with E-state index in [4.69, 9.17) is 4.74 Å². The summed E-state index contributed by atoms with van der Waals surface area (Å²) < 4.78 is 5.50. The van der Waals surface area contributed by atoms with Gasteiger partial charge in [-0.1, -0.05) is 6.92 Å². The van der Waals surface area contributed by atoms with Gasteiger partial charge >= 0.3 is 0 Å². The number of hydrogen-bond donors (Lipinski definition) is 1. The fourth-order valence-electron chi connectivity index (χ4n) is 1.79. The molecule has 0 fully saturated rings. The van der Waals surface area contributed by atoms with E-state index in [1.54, 1.807) is 0 Å². The Morgan fingerprint density at radius 1 is 1.56 bits per heavy atom. The van der Waals surface area contributed by atoms with Crippen LogP contribution in [0, 0.1) is 0 Å². The van der Waals surface area contributed by atoms with E-state index < -0.39 is 0 Å². The first-order valence-electron chi connectivity index (χ1n) is 6.45. The number of nitrogens with zero attached hydrogens (tertiary/aromatic N) is 1. The van der Waals surface area contributed by atoms with E-state index in [1.807, 2.05) is 6.26 Å². The zero-order valence-electron chi connectivity index (χ0n) is 10.9. The highest BCUT2D eigenvalue weighted by atomic mass is 16.5. The SMILES string of the molecule is CCC(C)N(C)CCNCC1CCC=CO1. The predicted molar refractivity (Wildman–Crippen MR) is 68.5 cm³/mol. The highest BCUT2D eigenvalue weighted by Crippen LogP contribution is 2.08. The number of ether oxygens (including phenoxy) is 1. The Morgan fingerprint density at radius 3 is 3.00 bits per heavy atom. The van der Waals surface area contributed by atoms with Crippen LogP contribution in [0.2, 0.25) is 0 Å². The minimum atomic E-state index is 0.374.